The van der Waals surface area contributed by atoms with Crippen molar-refractivity contribution in [2.45, 2.75) is 13.3 Å². The molecule has 20 heavy (non-hydrogen) atoms. The van der Waals surface area contributed by atoms with Gasteiger partial charge < -0.3 is 15.1 Å². The lowest BCUT2D eigenvalue weighted by Crippen LogP contribution is -2.34. The van der Waals surface area contributed by atoms with Crippen molar-refractivity contribution >= 4 is 23.2 Å². The van der Waals surface area contributed by atoms with Gasteiger partial charge in [0.2, 0.25) is 0 Å². The van der Waals surface area contributed by atoms with Gasteiger partial charge in [0.1, 0.15) is 11.1 Å². The molecule has 0 aliphatic rings. The molecule has 0 bridgehead atoms. The molecule has 2 heterocycles. The maximum absolute atomic E-state index is 11.8. The van der Waals surface area contributed by atoms with Crippen molar-refractivity contribution in [3.05, 3.63) is 40.2 Å². The zero-order valence-corrected chi connectivity index (χ0v) is 11.8. The minimum Gasteiger partial charge on any atom is -0.472 e. The molecule has 106 valence electrons. The molecule has 0 saturated carbocycles. The molecule has 0 unspecified atom stereocenters. The Hall–Kier alpha value is -2.15. The third-order valence-corrected chi connectivity index (χ3v) is 3.70. The van der Waals surface area contributed by atoms with E-state index in [9.17, 15) is 9.59 Å². The third-order valence-electron chi connectivity index (χ3n) is 2.56. The van der Waals surface area contributed by atoms with Crippen molar-refractivity contribution in [3.8, 4) is 0 Å². The standard InChI is InChI=1S/C13H15N3O3S/c1-2-11-16-7-10(20-11)13(18)15-5-4-14-12(17)9-3-6-19-8-9/h3,6-8H,2,4-5H2,1H3,(H,14,17)(H,15,18). The van der Waals surface area contributed by atoms with E-state index < -0.39 is 0 Å². The van der Waals surface area contributed by atoms with Gasteiger partial charge in [0.15, 0.2) is 0 Å². The van der Waals surface area contributed by atoms with Crippen LogP contribution in [0.15, 0.2) is 29.2 Å². The lowest BCUT2D eigenvalue weighted by atomic mass is 10.3. The number of nitrogens with one attached hydrogen (secondary N) is 2. The molecule has 2 rings (SSSR count). The molecule has 0 saturated heterocycles. The Morgan fingerprint density at radius 2 is 2.05 bits per heavy atom. The number of nitrogens with zero attached hydrogens (tertiary/aromatic N) is 1. The summed E-state index contributed by atoms with van der Waals surface area (Å²) in [6.07, 6.45) is 5.20. The summed E-state index contributed by atoms with van der Waals surface area (Å²) in [7, 11) is 0. The van der Waals surface area contributed by atoms with Gasteiger partial charge >= 0.3 is 0 Å². The number of aromatic nitrogens is 1. The number of amides is 2. The van der Waals surface area contributed by atoms with E-state index in [-0.39, 0.29) is 11.8 Å². The van der Waals surface area contributed by atoms with E-state index >= 15 is 0 Å². The van der Waals surface area contributed by atoms with E-state index in [1.54, 1.807) is 12.3 Å². The van der Waals surface area contributed by atoms with Crippen molar-refractivity contribution in [3.63, 3.8) is 0 Å². The van der Waals surface area contributed by atoms with Crippen LogP contribution in [-0.2, 0) is 6.42 Å². The zero-order valence-electron chi connectivity index (χ0n) is 11.0. The van der Waals surface area contributed by atoms with E-state index in [4.69, 9.17) is 4.42 Å². The lowest BCUT2D eigenvalue weighted by Gasteiger charge is -2.04. The summed E-state index contributed by atoms with van der Waals surface area (Å²) in [6, 6.07) is 1.58. The highest BCUT2D eigenvalue weighted by atomic mass is 32.1. The highest BCUT2D eigenvalue weighted by molar-refractivity contribution is 7.13. The average Bonchev–Trinajstić information content (AvgIpc) is 3.13. The summed E-state index contributed by atoms with van der Waals surface area (Å²) in [5, 5.41) is 6.35. The summed E-state index contributed by atoms with van der Waals surface area (Å²) in [4.78, 5) is 28.1. The van der Waals surface area contributed by atoms with Crippen LogP contribution in [0.2, 0.25) is 0 Å². The molecule has 7 heteroatoms. The summed E-state index contributed by atoms with van der Waals surface area (Å²) >= 11 is 1.38. The van der Waals surface area contributed by atoms with Gasteiger partial charge in [0, 0.05) is 13.1 Å². The number of hydrogen-bond donors (Lipinski definition) is 2. The smallest absolute Gasteiger partial charge is 0.263 e. The normalized spacial score (nSPS) is 10.2. The van der Waals surface area contributed by atoms with Gasteiger partial charge in [-0.25, -0.2) is 4.98 Å². The van der Waals surface area contributed by atoms with Crippen LogP contribution in [0.5, 0.6) is 0 Å². The minimum absolute atomic E-state index is 0.167. The van der Waals surface area contributed by atoms with Gasteiger partial charge in [-0.1, -0.05) is 6.92 Å². The van der Waals surface area contributed by atoms with Gasteiger partial charge in [0.25, 0.3) is 11.8 Å². The molecule has 0 spiro atoms. The number of carbonyl (C=O) groups excluding carboxylic acids is 2. The Kier molecular flexibility index (Phi) is 4.89. The number of carbonyl (C=O) groups is 2. The van der Waals surface area contributed by atoms with Gasteiger partial charge in [-0.15, -0.1) is 11.3 Å². The summed E-state index contributed by atoms with van der Waals surface area (Å²) in [5.41, 5.74) is 0.464. The van der Waals surface area contributed by atoms with Crippen molar-refractivity contribution in [1.82, 2.24) is 15.6 Å². The zero-order chi connectivity index (χ0) is 14.4. The molecule has 0 aromatic carbocycles. The maximum atomic E-state index is 11.8. The van der Waals surface area contributed by atoms with Crippen molar-refractivity contribution < 1.29 is 14.0 Å². The van der Waals surface area contributed by atoms with E-state index in [0.717, 1.165) is 11.4 Å². The summed E-state index contributed by atoms with van der Waals surface area (Å²) in [6.45, 7) is 2.71. The predicted octanol–water partition coefficient (Wildman–Crippen LogP) is 1.46. The van der Waals surface area contributed by atoms with E-state index in [1.807, 2.05) is 6.92 Å². The van der Waals surface area contributed by atoms with Crippen LogP contribution in [0.3, 0.4) is 0 Å². The van der Waals surface area contributed by atoms with E-state index in [0.29, 0.717) is 23.5 Å². The van der Waals surface area contributed by atoms with Crippen LogP contribution >= 0.6 is 11.3 Å². The monoisotopic (exact) mass is 293 g/mol. The topological polar surface area (TPSA) is 84.2 Å². The first-order valence-electron chi connectivity index (χ1n) is 6.24. The van der Waals surface area contributed by atoms with Gasteiger partial charge in [-0.2, -0.15) is 0 Å². The number of rotatable bonds is 6. The maximum Gasteiger partial charge on any atom is 0.263 e. The Bertz CT molecular complexity index is 577. The van der Waals surface area contributed by atoms with Crippen LogP contribution in [0.4, 0.5) is 0 Å². The predicted molar refractivity (Wildman–Crippen MR) is 74.9 cm³/mol. The Balaban J connectivity index is 1.70. The Labute approximate surface area is 120 Å². The molecule has 2 N–H and O–H groups in total. The molecule has 0 aliphatic carbocycles. The van der Waals surface area contributed by atoms with Crippen LogP contribution in [0, 0.1) is 0 Å². The second-order valence-corrected chi connectivity index (χ2v) is 5.11. The second-order valence-electron chi connectivity index (χ2n) is 4.00. The van der Waals surface area contributed by atoms with E-state index in [1.165, 1.54) is 23.9 Å². The quantitative estimate of drug-likeness (QED) is 0.790. The first-order chi connectivity index (χ1) is 9.70. The summed E-state index contributed by atoms with van der Waals surface area (Å²) < 4.78 is 4.81. The largest absolute Gasteiger partial charge is 0.472 e. The van der Waals surface area contributed by atoms with Crippen LogP contribution in [0.25, 0.3) is 0 Å². The van der Waals surface area contributed by atoms with Crippen molar-refractivity contribution in [2.75, 3.05) is 13.1 Å². The molecule has 2 amide bonds. The molecule has 0 aliphatic heterocycles. The Morgan fingerprint density at radius 1 is 1.30 bits per heavy atom. The fourth-order valence-corrected chi connectivity index (χ4v) is 2.29. The van der Waals surface area contributed by atoms with Gasteiger partial charge in [0.05, 0.1) is 23.0 Å². The summed E-state index contributed by atoms with van der Waals surface area (Å²) in [5.74, 6) is -0.390. The molecular weight excluding hydrogens is 278 g/mol. The third kappa shape index (κ3) is 3.67. The molecule has 2 aromatic rings. The molecule has 2 aromatic heterocycles. The number of aryl methyl sites for hydroxylation is 1. The van der Waals surface area contributed by atoms with Crippen molar-refractivity contribution in [1.29, 1.82) is 0 Å². The Morgan fingerprint density at radius 3 is 2.65 bits per heavy atom. The first-order valence-corrected chi connectivity index (χ1v) is 7.05. The first kappa shape index (κ1) is 14.3. The van der Waals surface area contributed by atoms with Gasteiger partial charge in [-0.05, 0) is 12.5 Å². The number of thiazole rings is 1. The van der Waals surface area contributed by atoms with Crippen LogP contribution in [0.1, 0.15) is 32.0 Å². The molecule has 6 nitrogen and oxygen atoms in total. The van der Waals surface area contributed by atoms with Crippen LogP contribution < -0.4 is 10.6 Å². The van der Waals surface area contributed by atoms with E-state index in [2.05, 4.69) is 15.6 Å². The van der Waals surface area contributed by atoms with Gasteiger partial charge in [-0.3, -0.25) is 9.59 Å². The van der Waals surface area contributed by atoms with Crippen molar-refractivity contribution in [2.24, 2.45) is 0 Å². The molecular formula is C13H15N3O3S. The fourth-order valence-electron chi connectivity index (χ4n) is 1.51. The number of furan rings is 1. The highest BCUT2D eigenvalue weighted by Gasteiger charge is 2.10. The highest BCUT2D eigenvalue weighted by Crippen LogP contribution is 2.12. The minimum atomic E-state index is -0.223. The lowest BCUT2D eigenvalue weighted by molar-refractivity contribution is 0.0929. The SMILES string of the molecule is CCc1ncc(C(=O)NCCNC(=O)c2ccoc2)s1. The number of hydrogen-bond acceptors (Lipinski definition) is 5. The molecule has 0 fully saturated rings. The average molecular weight is 293 g/mol. The molecule has 0 radical (unpaired) electrons. The van der Waals surface area contributed by atoms with Crippen LogP contribution in [-0.4, -0.2) is 29.9 Å². The second kappa shape index (κ2) is 6.85. The molecule has 0 atom stereocenters. The fraction of sp³-hybridized carbons (Fsp3) is 0.308.